The van der Waals surface area contributed by atoms with E-state index in [2.05, 4.69) is 65.3 Å². The Kier molecular flexibility index (Phi) is 11.7. The van der Waals surface area contributed by atoms with E-state index in [0.29, 0.717) is 17.5 Å². The monoisotopic (exact) mass is 597 g/mol. The van der Waals surface area contributed by atoms with Gasteiger partial charge in [0.15, 0.2) is 12.3 Å². The highest BCUT2D eigenvalue weighted by Crippen LogP contribution is 2.28. The van der Waals surface area contributed by atoms with Crippen LogP contribution in [0.25, 0.3) is 22.2 Å². The number of unbranched alkanes of at least 4 members (excludes halogenated alkanes) is 8. The number of piperazine rings is 1. The van der Waals surface area contributed by atoms with Crippen molar-refractivity contribution in [3.8, 4) is 11.1 Å². The summed E-state index contributed by atoms with van der Waals surface area (Å²) in [4.78, 5) is 29.9. The number of hydrogen-bond donors (Lipinski definition) is 0. The van der Waals surface area contributed by atoms with Crippen molar-refractivity contribution >= 4 is 22.8 Å². The molecule has 0 atom stereocenters. The number of para-hydroxylation sites is 1. The van der Waals surface area contributed by atoms with Gasteiger partial charge in [0.2, 0.25) is 0 Å². The molecule has 0 amide bonds. The van der Waals surface area contributed by atoms with Crippen LogP contribution in [0.1, 0.15) is 76.7 Å². The second-order valence-electron chi connectivity index (χ2n) is 12.0. The van der Waals surface area contributed by atoms with E-state index in [-0.39, 0.29) is 12.7 Å². The summed E-state index contributed by atoms with van der Waals surface area (Å²) in [6, 6.07) is 25.1. The number of oxazole rings is 1. The minimum absolute atomic E-state index is 0.124. The molecule has 1 aliphatic heterocycles. The molecule has 1 aromatic heterocycles. The smallest absolute Gasteiger partial charge is 0.422 e. The SMILES string of the molecule is CCCCCCCCCCCC(=O)OCn1c(=O)oc2c(N3CCN(Cc4cccc(-c5ccccc5)c4)CC3)cccc21. The highest BCUT2D eigenvalue weighted by Gasteiger charge is 2.22. The van der Waals surface area contributed by atoms with Gasteiger partial charge in [-0.25, -0.2) is 9.36 Å². The summed E-state index contributed by atoms with van der Waals surface area (Å²) < 4.78 is 12.6. The maximum atomic E-state index is 12.8. The quantitative estimate of drug-likeness (QED) is 0.0963. The second-order valence-corrected chi connectivity index (χ2v) is 12.0. The summed E-state index contributed by atoms with van der Waals surface area (Å²) >= 11 is 0. The number of esters is 1. The van der Waals surface area contributed by atoms with E-state index in [1.807, 2.05) is 24.3 Å². The standard InChI is InChI=1S/C37H47N3O4/c1-2-3-4-5-6-7-8-9-13-22-35(41)43-29-40-34-21-15-20-33(36(34)44-37(40)42)39-25-23-38(24-26-39)28-30-16-14-19-32(27-30)31-17-11-10-12-18-31/h10-12,14-21,27H,2-9,13,22-26,28-29H2,1H3. The molecule has 0 unspecified atom stereocenters. The first-order chi connectivity index (χ1) is 21.6. The average Bonchev–Trinajstić information content (AvgIpc) is 3.38. The molecule has 1 fully saturated rings. The minimum Gasteiger partial charge on any atom is -0.444 e. The molecule has 0 N–H and O–H groups in total. The van der Waals surface area contributed by atoms with E-state index in [9.17, 15) is 9.59 Å². The molecule has 0 aliphatic carbocycles. The number of benzene rings is 3. The van der Waals surface area contributed by atoms with E-state index in [0.717, 1.165) is 57.7 Å². The summed E-state index contributed by atoms with van der Waals surface area (Å²) in [5, 5.41) is 0. The third kappa shape index (κ3) is 8.63. The molecule has 0 radical (unpaired) electrons. The molecular formula is C37H47N3O4. The van der Waals surface area contributed by atoms with E-state index in [1.54, 1.807) is 0 Å². The van der Waals surface area contributed by atoms with Crippen molar-refractivity contribution in [2.24, 2.45) is 0 Å². The largest absolute Gasteiger partial charge is 0.444 e. The molecule has 0 spiro atoms. The van der Waals surface area contributed by atoms with Gasteiger partial charge in [-0.15, -0.1) is 0 Å². The lowest BCUT2D eigenvalue weighted by atomic mass is 10.0. The fourth-order valence-electron chi connectivity index (χ4n) is 6.12. The molecule has 7 heteroatoms. The Hall–Kier alpha value is -3.84. The topological polar surface area (TPSA) is 67.9 Å². The van der Waals surface area contributed by atoms with Crippen LogP contribution < -0.4 is 10.7 Å². The number of hydrogen-bond acceptors (Lipinski definition) is 6. The minimum atomic E-state index is -0.500. The van der Waals surface area contributed by atoms with Crippen LogP contribution in [0.3, 0.4) is 0 Å². The zero-order valence-corrected chi connectivity index (χ0v) is 26.2. The van der Waals surface area contributed by atoms with Gasteiger partial charge in [0, 0.05) is 39.1 Å². The van der Waals surface area contributed by atoms with Crippen molar-refractivity contribution in [3.63, 3.8) is 0 Å². The maximum Gasteiger partial charge on any atom is 0.422 e. The van der Waals surface area contributed by atoms with E-state index >= 15 is 0 Å². The molecule has 0 bridgehead atoms. The van der Waals surface area contributed by atoms with Gasteiger partial charge in [-0.05, 0) is 41.3 Å². The fourth-order valence-corrected chi connectivity index (χ4v) is 6.12. The van der Waals surface area contributed by atoms with Crippen LogP contribution in [0, 0.1) is 0 Å². The summed E-state index contributed by atoms with van der Waals surface area (Å²) in [5.74, 6) is -0.768. The first kappa shape index (κ1) is 31.6. The van der Waals surface area contributed by atoms with Crippen molar-refractivity contribution in [2.75, 3.05) is 31.1 Å². The molecule has 2 heterocycles. The van der Waals surface area contributed by atoms with Crippen LogP contribution >= 0.6 is 0 Å². The molecule has 0 saturated carbocycles. The molecule has 4 aromatic rings. The van der Waals surface area contributed by atoms with Gasteiger partial charge in [-0.2, -0.15) is 0 Å². The molecule has 1 aliphatic rings. The van der Waals surface area contributed by atoms with Crippen molar-refractivity contribution < 1.29 is 13.9 Å². The summed E-state index contributed by atoms with van der Waals surface area (Å²) in [5.41, 5.74) is 5.89. The van der Waals surface area contributed by atoms with E-state index in [1.165, 1.54) is 59.8 Å². The lowest BCUT2D eigenvalue weighted by molar-refractivity contribution is -0.147. The third-order valence-corrected chi connectivity index (χ3v) is 8.67. The lowest BCUT2D eigenvalue weighted by Gasteiger charge is -2.36. The van der Waals surface area contributed by atoms with Gasteiger partial charge >= 0.3 is 11.7 Å². The summed E-state index contributed by atoms with van der Waals surface area (Å²) in [6.45, 7) is 6.50. The van der Waals surface area contributed by atoms with Crippen LogP contribution in [0.2, 0.25) is 0 Å². The highest BCUT2D eigenvalue weighted by molar-refractivity contribution is 5.87. The Labute approximate surface area is 261 Å². The average molecular weight is 598 g/mol. The Morgan fingerprint density at radius 2 is 1.45 bits per heavy atom. The van der Waals surface area contributed by atoms with Crippen LogP contribution in [-0.2, 0) is 22.8 Å². The van der Waals surface area contributed by atoms with Gasteiger partial charge < -0.3 is 14.1 Å². The number of anilines is 1. The zero-order chi connectivity index (χ0) is 30.6. The van der Waals surface area contributed by atoms with Gasteiger partial charge in [0.1, 0.15) is 0 Å². The molecule has 3 aromatic carbocycles. The normalized spacial score (nSPS) is 13.9. The number of nitrogens with zero attached hydrogens (tertiary/aromatic N) is 3. The van der Waals surface area contributed by atoms with Crippen LogP contribution in [-0.4, -0.2) is 41.6 Å². The van der Waals surface area contributed by atoms with Crippen molar-refractivity contribution in [1.82, 2.24) is 9.47 Å². The van der Waals surface area contributed by atoms with Crippen molar-refractivity contribution in [2.45, 2.75) is 84.4 Å². The number of carbonyl (C=O) groups is 1. The molecule has 7 nitrogen and oxygen atoms in total. The van der Waals surface area contributed by atoms with Gasteiger partial charge in [0.05, 0.1) is 11.2 Å². The summed E-state index contributed by atoms with van der Waals surface area (Å²) in [7, 11) is 0. The van der Waals surface area contributed by atoms with Crippen molar-refractivity contribution in [3.05, 3.63) is 88.9 Å². The number of ether oxygens (including phenoxy) is 1. The first-order valence-corrected chi connectivity index (χ1v) is 16.5. The Morgan fingerprint density at radius 1 is 0.773 bits per heavy atom. The molecule has 44 heavy (non-hydrogen) atoms. The number of rotatable bonds is 16. The van der Waals surface area contributed by atoms with E-state index in [4.69, 9.17) is 9.15 Å². The van der Waals surface area contributed by atoms with Crippen LogP contribution in [0.5, 0.6) is 0 Å². The van der Waals surface area contributed by atoms with Crippen LogP contribution in [0.15, 0.2) is 82.0 Å². The van der Waals surface area contributed by atoms with Crippen LogP contribution in [0.4, 0.5) is 5.69 Å². The molecule has 5 rings (SSSR count). The Bertz CT molecular complexity index is 1520. The predicted molar refractivity (Wildman–Crippen MR) is 178 cm³/mol. The second kappa shape index (κ2) is 16.3. The maximum absolute atomic E-state index is 12.8. The zero-order valence-electron chi connectivity index (χ0n) is 26.2. The third-order valence-electron chi connectivity index (χ3n) is 8.67. The molecular weight excluding hydrogens is 550 g/mol. The van der Waals surface area contributed by atoms with Gasteiger partial charge in [-0.3, -0.25) is 9.69 Å². The lowest BCUT2D eigenvalue weighted by Crippen LogP contribution is -2.46. The summed E-state index contributed by atoms with van der Waals surface area (Å²) in [6.07, 6.45) is 11.1. The first-order valence-electron chi connectivity index (χ1n) is 16.5. The fraction of sp³-hybridized carbons (Fsp3) is 0.459. The predicted octanol–water partition coefficient (Wildman–Crippen LogP) is 8.01. The molecule has 234 valence electrons. The highest BCUT2D eigenvalue weighted by atomic mass is 16.5. The molecule has 1 saturated heterocycles. The van der Waals surface area contributed by atoms with Gasteiger partial charge in [0.25, 0.3) is 0 Å². The van der Waals surface area contributed by atoms with E-state index < -0.39 is 5.76 Å². The Balaban J connectivity index is 1.10. The number of fused-ring (bicyclic) bond motifs is 1. The number of aromatic nitrogens is 1. The van der Waals surface area contributed by atoms with Crippen molar-refractivity contribution in [1.29, 1.82) is 0 Å². The van der Waals surface area contributed by atoms with Gasteiger partial charge in [-0.1, -0.05) is 113 Å². The Morgan fingerprint density at radius 3 is 2.20 bits per heavy atom. The number of carbonyl (C=O) groups excluding carboxylic acids is 1.